The molecule has 3 heteroatoms. The molecule has 0 heterocycles. The van der Waals surface area contributed by atoms with Crippen LogP contribution < -0.4 is 0 Å². The Morgan fingerprint density at radius 3 is 2.73 bits per heavy atom. The number of nitrogens with zero attached hydrogens (tertiary/aromatic N) is 1. The Balaban J connectivity index is 3.39. The van der Waals surface area contributed by atoms with Crippen LogP contribution in [0.5, 0.6) is 5.75 Å². The lowest BCUT2D eigenvalue weighted by molar-refractivity contribution is 0.473. The molecule has 0 spiro atoms. The van der Waals surface area contributed by atoms with Crippen molar-refractivity contribution < 1.29 is 5.11 Å². The van der Waals surface area contributed by atoms with Gasteiger partial charge in [-0.15, -0.1) is 0 Å². The van der Waals surface area contributed by atoms with Crippen LogP contribution in [0.25, 0.3) is 0 Å². The van der Waals surface area contributed by atoms with Crippen LogP contribution in [0.3, 0.4) is 0 Å². The summed E-state index contributed by atoms with van der Waals surface area (Å²) in [5, 5.41) is 17.9. The Bertz CT molecular complexity index is 328. The van der Waals surface area contributed by atoms with Crippen molar-refractivity contribution in [3.63, 3.8) is 0 Å². The number of phenols is 1. The van der Waals surface area contributed by atoms with Gasteiger partial charge in [0.15, 0.2) is 5.75 Å². The van der Waals surface area contributed by atoms with Gasteiger partial charge in [-0.2, -0.15) is 5.26 Å². The number of hydrogen-bond acceptors (Lipinski definition) is 2. The molecule has 0 saturated carbocycles. The minimum absolute atomic E-state index is 0.139. The first-order valence-electron chi connectivity index (χ1n) is 3.04. The molecule has 1 aromatic rings. The number of aryl methyl sites for hydroxylation is 1. The lowest BCUT2D eigenvalue weighted by Crippen LogP contribution is -1.80. The Labute approximate surface area is 69.7 Å². The molecular weight excluding hydrogens is 162 g/mol. The molecule has 0 atom stereocenters. The molecule has 0 aliphatic heterocycles. The second kappa shape index (κ2) is 2.81. The van der Waals surface area contributed by atoms with Gasteiger partial charge in [0.25, 0.3) is 0 Å². The largest absolute Gasteiger partial charge is 0.505 e. The summed E-state index contributed by atoms with van der Waals surface area (Å²) in [6.07, 6.45) is 0. The number of nitriles is 1. The van der Waals surface area contributed by atoms with Crippen molar-refractivity contribution in [3.05, 3.63) is 28.3 Å². The summed E-state index contributed by atoms with van der Waals surface area (Å²) < 4.78 is 0. The summed E-state index contributed by atoms with van der Waals surface area (Å²) in [4.78, 5) is 0. The lowest BCUT2D eigenvalue weighted by Gasteiger charge is -1.99. The lowest BCUT2D eigenvalue weighted by atomic mass is 10.1. The summed E-state index contributed by atoms with van der Waals surface area (Å²) in [7, 11) is 0. The Kier molecular flexibility index (Phi) is 2.02. The number of rotatable bonds is 0. The smallest absolute Gasteiger partial charge is 0.151 e. The molecule has 0 aliphatic rings. The molecule has 2 nitrogen and oxygen atoms in total. The van der Waals surface area contributed by atoms with Crippen molar-refractivity contribution in [2.75, 3.05) is 0 Å². The minimum Gasteiger partial charge on any atom is -0.505 e. The average Bonchev–Trinajstić information content (AvgIpc) is 1.96. The molecule has 0 unspecified atom stereocenters. The monoisotopic (exact) mass is 167 g/mol. The summed E-state index contributed by atoms with van der Waals surface area (Å²) in [6, 6.07) is 5.04. The third-order valence-electron chi connectivity index (χ3n) is 1.33. The van der Waals surface area contributed by atoms with Crippen molar-refractivity contribution >= 4 is 11.6 Å². The van der Waals surface area contributed by atoms with E-state index in [4.69, 9.17) is 22.0 Å². The van der Waals surface area contributed by atoms with Crippen molar-refractivity contribution in [2.24, 2.45) is 0 Å². The van der Waals surface area contributed by atoms with E-state index in [1.807, 2.05) is 13.0 Å². The van der Waals surface area contributed by atoms with Gasteiger partial charge in [0.05, 0.1) is 10.6 Å². The Morgan fingerprint density at radius 2 is 2.18 bits per heavy atom. The molecule has 0 aromatic heterocycles. The predicted molar refractivity (Wildman–Crippen MR) is 42.6 cm³/mol. The molecule has 1 N–H and O–H groups in total. The Morgan fingerprint density at radius 1 is 1.55 bits per heavy atom. The average molecular weight is 168 g/mol. The molecule has 1 aromatic carbocycles. The zero-order valence-corrected chi connectivity index (χ0v) is 6.68. The predicted octanol–water partition coefficient (Wildman–Crippen LogP) is 2.23. The summed E-state index contributed by atoms with van der Waals surface area (Å²) in [5.41, 5.74) is 1.08. The van der Waals surface area contributed by atoms with E-state index in [2.05, 4.69) is 0 Å². The van der Waals surface area contributed by atoms with E-state index < -0.39 is 0 Å². The molecule has 0 saturated heterocycles. The van der Waals surface area contributed by atoms with E-state index in [-0.39, 0.29) is 16.3 Å². The van der Waals surface area contributed by atoms with E-state index >= 15 is 0 Å². The van der Waals surface area contributed by atoms with Crippen molar-refractivity contribution in [3.8, 4) is 11.8 Å². The fraction of sp³-hybridized carbons (Fsp3) is 0.125. The van der Waals surface area contributed by atoms with Gasteiger partial charge in [0.1, 0.15) is 6.07 Å². The highest BCUT2D eigenvalue weighted by Gasteiger charge is 2.04. The quantitative estimate of drug-likeness (QED) is 0.644. The number of phenolic OH excluding ortho intramolecular Hbond substituents is 1. The van der Waals surface area contributed by atoms with Gasteiger partial charge < -0.3 is 5.11 Å². The third kappa shape index (κ3) is 1.44. The van der Waals surface area contributed by atoms with E-state index in [1.54, 1.807) is 12.1 Å². The summed E-state index contributed by atoms with van der Waals surface area (Å²) >= 11 is 5.60. The maximum atomic E-state index is 9.17. The first kappa shape index (κ1) is 7.90. The van der Waals surface area contributed by atoms with Gasteiger partial charge >= 0.3 is 0 Å². The van der Waals surface area contributed by atoms with Gasteiger partial charge in [-0.05, 0) is 24.6 Å². The maximum Gasteiger partial charge on any atom is 0.151 e. The van der Waals surface area contributed by atoms with Crippen LogP contribution in [0, 0.1) is 18.3 Å². The zero-order chi connectivity index (χ0) is 8.43. The molecule has 0 radical (unpaired) electrons. The second-order valence-electron chi connectivity index (χ2n) is 2.25. The maximum absolute atomic E-state index is 9.17. The highest BCUT2D eigenvalue weighted by molar-refractivity contribution is 6.32. The number of halogens is 1. The van der Waals surface area contributed by atoms with Crippen LogP contribution >= 0.6 is 11.6 Å². The van der Waals surface area contributed by atoms with Crippen molar-refractivity contribution in [1.29, 1.82) is 5.26 Å². The minimum atomic E-state index is -0.139. The molecule has 0 aliphatic carbocycles. The van der Waals surface area contributed by atoms with Gasteiger partial charge in [0, 0.05) is 0 Å². The fourth-order valence-electron chi connectivity index (χ4n) is 0.820. The summed E-state index contributed by atoms with van der Waals surface area (Å²) in [6.45, 7) is 1.81. The molecule has 0 bridgehead atoms. The van der Waals surface area contributed by atoms with Crippen LogP contribution in [0.2, 0.25) is 5.02 Å². The SMILES string of the molecule is Cc1cc(Cl)c(O)c(C#N)c1. The van der Waals surface area contributed by atoms with Gasteiger partial charge in [-0.25, -0.2) is 0 Å². The van der Waals surface area contributed by atoms with Crippen molar-refractivity contribution in [1.82, 2.24) is 0 Å². The second-order valence-corrected chi connectivity index (χ2v) is 2.66. The van der Waals surface area contributed by atoms with Gasteiger partial charge in [-0.3, -0.25) is 0 Å². The van der Waals surface area contributed by atoms with E-state index in [0.29, 0.717) is 0 Å². The zero-order valence-electron chi connectivity index (χ0n) is 5.93. The molecular formula is C8H6ClNO. The molecule has 0 amide bonds. The van der Waals surface area contributed by atoms with Crippen LogP contribution in [0.4, 0.5) is 0 Å². The first-order chi connectivity index (χ1) is 5.15. The topological polar surface area (TPSA) is 44.0 Å². The molecule has 56 valence electrons. The highest BCUT2D eigenvalue weighted by atomic mass is 35.5. The molecule has 1 rings (SSSR count). The van der Waals surface area contributed by atoms with Gasteiger partial charge in [-0.1, -0.05) is 11.6 Å². The van der Waals surface area contributed by atoms with Crippen LogP contribution in [0.15, 0.2) is 12.1 Å². The standard InChI is InChI=1S/C8H6ClNO/c1-5-2-6(4-10)8(11)7(9)3-5/h2-3,11H,1H3. The molecule has 0 fully saturated rings. The third-order valence-corrected chi connectivity index (χ3v) is 1.62. The first-order valence-corrected chi connectivity index (χ1v) is 3.42. The van der Waals surface area contributed by atoms with E-state index in [1.165, 1.54) is 0 Å². The van der Waals surface area contributed by atoms with E-state index in [9.17, 15) is 0 Å². The van der Waals surface area contributed by atoms with Crippen LogP contribution in [0.1, 0.15) is 11.1 Å². The normalized spacial score (nSPS) is 9.18. The van der Waals surface area contributed by atoms with Crippen LogP contribution in [-0.2, 0) is 0 Å². The number of hydrogen-bond donors (Lipinski definition) is 1. The molecule has 11 heavy (non-hydrogen) atoms. The van der Waals surface area contributed by atoms with Gasteiger partial charge in [0.2, 0.25) is 0 Å². The fourth-order valence-corrected chi connectivity index (χ4v) is 1.09. The van der Waals surface area contributed by atoms with Crippen molar-refractivity contribution in [2.45, 2.75) is 6.92 Å². The number of aromatic hydroxyl groups is 1. The van der Waals surface area contributed by atoms with E-state index in [0.717, 1.165) is 5.56 Å². The Hall–Kier alpha value is -1.20. The highest BCUT2D eigenvalue weighted by Crippen LogP contribution is 2.27. The number of benzene rings is 1. The summed E-state index contributed by atoms with van der Waals surface area (Å²) in [5.74, 6) is -0.139. The van der Waals surface area contributed by atoms with Crippen LogP contribution in [-0.4, -0.2) is 5.11 Å².